The van der Waals surface area contributed by atoms with Crippen LogP contribution in [0.5, 0.6) is 0 Å². The molecule has 0 bridgehead atoms. The minimum atomic E-state index is 0.192. The molecule has 1 saturated carbocycles. The summed E-state index contributed by atoms with van der Waals surface area (Å²) in [5.74, 6) is 1.51. The third kappa shape index (κ3) is 4.73. The Morgan fingerprint density at radius 2 is 1.57 bits per heavy atom. The second-order valence-electron chi connectivity index (χ2n) is 14.1. The van der Waals surface area contributed by atoms with Gasteiger partial charge in [-0.2, -0.15) is 0 Å². The molecule has 1 aliphatic heterocycles. The average molecular weight is 544 g/mol. The van der Waals surface area contributed by atoms with E-state index < -0.39 is 0 Å². The molecule has 0 radical (unpaired) electrons. The van der Waals surface area contributed by atoms with Crippen LogP contribution >= 0.6 is 11.8 Å². The lowest BCUT2D eigenvalue weighted by Crippen LogP contribution is -2.12. The molecule has 1 aromatic heterocycles. The molecule has 204 valence electrons. The SMILES string of the molecule is CC(C)Cc1ccc2c(CC(C)(C)C)c3c(cc2c1)-c1nccc2c1c(cc1cc(CC4CCCC4)ccc12)S3. The number of aromatic nitrogens is 1. The molecule has 1 aliphatic carbocycles. The summed E-state index contributed by atoms with van der Waals surface area (Å²) >= 11 is 1.99. The maximum atomic E-state index is 5.07. The van der Waals surface area contributed by atoms with E-state index in [-0.39, 0.29) is 5.41 Å². The zero-order valence-corrected chi connectivity index (χ0v) is 25.5. The Bertz CT molecular complexity index is 1770. The molecular formula is C38H41NS. The van der Waals surface area contributed by atoms with Crippen LogP contribution in [-0.4, -0.2) is 4.98 Å². The maximum Gasteiger partial charge on any atom is 0.0803 e. The molecule has 7 rings (SSSR count). The lowest BCUT2D eigenvalue weighted by molar-refractivity contribution is 0.410. The molecule has 4 aromatic carbocycles. The van der Waals surface area contributed by atoms with Crippen molar-refractivity contribution in [3.05, 3.63) is 77.5 Å². The fourth-order valence-corrected chi connectivity index (χ4v) is 8.59. The second-order valence-corrected chi connectivity index (χ2v) is 15.1. The van der Waals surface area contributed by atoms with Crippen LogP contribution in [0, 0.1) is 17.3 Å². The van der Waals surface area contributed by atoms with Crippen LogP contribution in [0.1, 0.15) is 77.0 Å². The first-order valence-corrected chi connectivity index (χ1v) is 16.2. The van der Waals surface area contributed by atoms with Crippen LogP contribution in [0.25, 0.3) is 43.6 Å². The van der Waals surface area contributed by atoms with E-state index in [2.05, 4.69) is 89.2 Å². The van der Waals surface area contributed by atoms with Crippen LogP contribution in [0.2, 0.25) is 0 Å². The first-order chi connectivity index (χ1) is 19.2. The quantitative estimate of drug-likeness (QED) is 0.201. The average Bonchev–Trinajstić information content (AvgIpc) is 3.41. The summed E-state index contributed by atoms with van der Waals surface area (Å²) in [6.07, 6.45) is 11.0. The predicted octanol–water partition coefficient (Wildman–Crippen LogP) is 11.2. The van der Waals surface area contributed by atoms with Crippen LogP contribution in [0.15, 0.2) is 70.6 Å². The summed E-state index contributed by atoms with van der Waals surface area (Å²) in [6.45, 7) is 11.7. The van der Waals surface area contributed by atoms with Gasteiger partial charge >= 0.3 is 0 Å². The minimum absolute atomic E-state index is 0.192. The smallest absolute Gasteiger partial charge is 0.0803 e. The predicted molar refractivity (Wildman–Crippen MR) is 174 cm³/mol. The van der Waals surface area contributed by atoms with Crippen molar-refractivity contribution in [3.8, 4) is 11.3 Å². The van der Waals surface area contributed by atoms with Crippen LogP contribution in [0.4, 0.5) is 0 Å². The molecule has 40 heavy (non-hydrogen) atoms. The first kappa shape index (κ1) is 26.1. The number of fused-ring (bicyclic) bond motifs is 5. The van der Waals surface area contributed by atoms with Gasteiger partial charge in [-0.1, -0.05) is 108 Å². The maximum absolute atomic E-state index is 5.07. The number of benzene rings is 4. The molecule has 1 fully saturated rings. The van der Waals surface area contributed by atoms with Gasteiger partial charge in [-0.3, -0.25) is 4.98 Å². The number of rotatable bonds is 5. The summed E-state index contributed by atoms with van der Waals surface area (Å²) in [5, 5.41) is 8.17. The van der Waals surface area contributed by atoms with E-state index in [9.17, 15) is 0 Å². The summed E-state index contributed by atoms with van der Waals surface area (Å²) in [5.41, 5.74) is 7.08. The van der Waals surface area contributed by atoms with Crippen LogP contribution in [0.3, 0.4) is 0 Å². The van der Waals surface area contributed by atoms with Gasteiger partial charge in [0.25, 0.3) is 0 Å². The summed E-state index contributed by atoms with van der Waals surface area (Å²) in [6, 6.07) is 21.6. The lowest BCUT2D eigenvalue weighted by atomic mass is 9.84. The lowest BCUT2D eigenvalue weighted by Gasteiger charge is -2.27. The highest BCUT2D eigenvalue weighted by Gasteiger charge is 2.27. The van der Waals surface area contributed by atoms with E-state index >= 15 is 0 Å². The molecule has 0 N–H and O–H groups in total. The standard InChI is InChI=1S/C38H41NS/c1-23(2)16-25-10-13-30-27(18-25)20-32-36-35-31(14-15-39-36)29-12-11-26(17-24-8-6-7-9-24)19-28(29)21-34(35)40-37(32)33(30)22-38(3,4)5/h10-15,18-21,23-24H,6-9,16-17,22H2,1-5H3. The first-order valence-electron chi connectivity index (χ1n) is 15.3. The Hall–Kier alpha value is -2.84. The van der Waals surface area contributed by atoms with E-state index in [1.54, 1.807) is 0 Å². The zero-order chi connectivity index (χ0) is 27.6. The van der Waals surface area contributed by atoms with Gasteiger partial charge in [-0.15, -0.1) is 0 Å². The van der Waals surface area contributed by atoms with Crippen molar-refractivity contribution in [3.63, 3.8) is 0 Å². The molecule has 0 spiro atoms. The largest absolute Gasteiger partial charge is 0.256 e. The Kier molecular flexibility index (Phi) is 6.46. The fraction of sp³-hybridized carbons (Fsp3) is 0.395. The van der Waals surface area contributed by atoms with E-state index in [1.807, 2.05) is 18.0 Å². The number of hydrogen-bond acceptors (Lipinski definition) is 2. The van der Waals surface area contributed by atoms with Gasteiger partial charge in [0.05, 0.1) is 5.69 Å². The number of pyridine rings is 1. The van der Waals surface area contributed by atoms with E-state index in [4.69, 9.17) is 4.98 Å². The van der Waals surface area contributed by atoms with Crippen LogP contribution < -0.4 is 0 Å². The van der Waals surface area contributed by atoms with Gasteiger partial charge in [-0.05, 0) is 98.3 Å². The normalized spacial score (nSPS) is 15.6. The zero-order valence-electron chi connectivity index (χ0n) is 24.7. The topological polar surface area (TPSA) is 12.9 Å². The van der Waals surface area contributed by atoms with Gasteiger partial charge < -0.3 is 0 Å². The molecule has 2 heterocycles. The van der Waals surface area contributed by atoms with Crippen molar-refractivity contribution in [1.82, 2.24) is 4.98 Å². The molecule has 0 amide bonds. The van der Waals surface area contributed by atoms with Crippen molar-refractivity contribution in [1.29, 1.82) is 0 Å². The second kappa shape index (κ2) is 9.91. The Balaban J connectivity index is 1.44. The molecule has 1 nitrogen and oxygen atoms in total. The van der Waals surface area contributed by atoms with E-state index in [0.717, 1.165) is 24.5 Å². The van der Waals surface area contributed by atoms with Crippen molar-refractivity contribution in [2.75, 3.05) is 0 Å². The summed E-state index contributed by atoms with van der Waals surface area (Å²) in [4.78, 5) is 7.85. The molecule has 2 heteroatoms. The Morgan fingerprint density at radius 1 is 0.850 bits per heavy atom. The van der Waals surface area contributed by atoms with Gasteiger partial charge in [-0.25, -0.2) is 0 Å². The molecule has 0 atom stereocenters. The summed E-state index contributed by atoms with van der Waals surface area (Å²) in [7, 11) is 0. The molecule has 0 saturated heterocycles. The van der Waals surface area contributed by atoms with Gasteiger partial charge in [0.15, 0.2) is 0 Å². The van der Waals surface area contributed by atoms with Gasteiger partial charge in [0.1, 0.15) is 0 Å². The van der Waals surface area contributed by atoms with Crippen molar-refractivity contribution >= 4 is 44.1 Å². The number of nitrogens with zero attached hydrogens (tertiary/aromatic N) is 1. The Labute approximate surface area is 243 Å². The van der Waals surface area contributed by atoms with Crippen molar-refractivity contribution < 1.29 is 0 Å². The highest BCUT2D eigenvalue weighted by atomic mass is 32.2. The summed E-state index contributed by atoms with van der Waals surface area (Å²) < 4.78 is 0. The monoisotopic (exact) mass is 543 g/mol. The number of hydrogen-bond donors (Lipinski definition) is 0. The highest BCUT2D eigenvalue weighted by molar-refractivity contribution is 8.00. The van der Waals surface area contributed by atoms with Crippen LogP contribution in [-0.2, 0) is 19.3 Å². The van der Waals surface area contributed by atoms with E-state index in [1.165, 1.54) is 96.5 Å². The third-order valence-electron chi connectivity index (χ3n) is 8.97. The minimum Gasteiger partial charge on any atom is -0.256 e. The molecule has 5 aromatic rings. The highest BCUT2D eigenvalue weighted by Crippen LogP contribution is 2.52. The van der Waals surface area contributed by atoms with Gasteiger partial charge in [0.2, 0.25) is 0 Å². The molecule has 2 aliphatic rings. The molecular weight excluding hydrogens is 502 g/mol. The Morgan fingerprint density at radius 3 is 2.35 bits per heavy atom. The third-order valence-corrected chi connectivity index (χ3v) is 10.2. The van der Waals surface area contributed by atoms with Crippen molar-refractivity contribution in [2.45, 2.75) is 89.4 Å². The van der Waals surface area contributed by atoms with Gasteiger partial charge in [0, 0.05) is 26.9 Å². The van der Waals surface area contributed by atoms with Crippen molar-refractivity contribution in [2.24, 2.45) is 17.3 Å². The fourth-order valence-electron chi connectivity index (χ4n) is 7.30. The molecule has 0 unspecified atom stereocenters. The van der Waals surface area contributed by atoms with E-state index in [0.29, 0.717) is 5.92 Å².